The zero-order chi connectivity index (χ0) is 13.8. The van der Waals surface area contributed by atoms with Crippen LogP contribution in [-0.2, 0) is 5.75 Å². The van der Waals surface area contributed by atoms with Gasteiger partial charge < -0.3 is 0 Å². The van der Waals surface area contributed by atoms with Gasteiger partial charge in [-0.3, -0.25) is 0 Å². The molecule has 5 heteroatoms. The summed E-state index contributed by atoms with van der Waals surface area (Å²) in [5.41, 5.74) is 2.40. The minimum absolute atomic E-state index is 0.906. The number of benzene rings is 2. The second kappa shape index (κ2) is 6.52. The highest BCUT2D eigenvalue weighted by Crippen LogP contribution is 2.31. The van der Waals surface area contributed by atoms with Gasteiger partial charge in [0.15, 0.2) is 4.34 Å². The molecule has 0 saturated carbocycles. The summed E-state index contributed by atoms with van der Waals surface area (Å²) in [5, 5.41) is 9.48. The summed E-state index contributed by atoms with van der Waals surface area (Å²) in [7, 11) is 0. The first-order chi connectivity index (χ1) is 9.81. The molecule has 1 aromatic heterocycles. The summed E-state index contributed by atoms with van der Waals surface area (Å²) >= 11 is 6.85. The molecular formula is C15H11BrN2S2. The lowest BCUT2D eigenvalue weighted by Gasteiger charge is -1.98. The molecule has 3 rings (SSSR count). The molecule has 0 N–H and O–H groups in total. The fraction of sp³-hybridized carbons (Fsp3) is 0.0667. The molecule has 0 aliphatic carbocycles. The third kappa shape index (κ3) is 3.48. The zero-order valence-corrected chi connectivity index (χ0v) is 13.7. The minimum Gasteiger partial charge on any atom is -0.137 e. The molecule has 0 amide bonds. The fourth-order valence-electron chi connectivity index (χ4n) is 1.74. The lowest BCUT2D eigenvalue weighted by molar-refractivity contribution is 1.01. The maximum absolute atomic E-state index is 4.25. The van der Waals surface area contributed by atoms with E-state index in [4.69, 9.17) is 0 Å². The van der Waals surface area contributed by atoms with Gasteiger partial charge in [-0.25, -0.2) is 0 Å². The molecule has 1 heterocycles. The summed E-state index contributed by atoms with van der Waals surface area (Å²) in [4.78, 5) is 0. The molecule has 20 heavy (non-hydrogen) atoms. The third-order valence-electron chi connectivity index (χ3n) is 2.68. The number of nitrogens with zero attached hydrogens (tertiary/aromatic N) is 2. The molecule has 0 atom stereocenters. The van der Waals surface area contributed by atoms with Crippen LogP contribution in [0.3, 0.4) is 0 Å². The Labute approximate surface area is 134 Å². The Bertz CT molecular complexity index is 698. The maximum Gasteiger partial charge on any atom is 0.174 e. The second-order valence-corrected chi connectivity index (χ2v) is 7.27. The van der Waals surface area contributed by atoms with E-state index in [1.165, 1.54) is 5.56 Å². The van der Waals surface area contributed by atoms with Crippen LogP contribution in [0.1, 0.15) is 5.56 Å². The van der Waals surface area contributed by atoms with Gasteiger partial charge in [-0.05, 0) is 17.7 Å². The van der Waals surface area contributed by atoms with Crippen LogP contribution in [0.4, 0.5) is 0 Å². The second-order valence-electron chi connectivity index (χ2n) is 4.16. The summed E-state index contributed by atoms with van der Waals surface area (Å²) in [6.45, 7) is 0. The Kier molecular flexibility index (Phi) is 4.50. The van der Waals surface area contributed by atoms with Crippen molar-refractivity contribution in [2.45, 2.75) is 10.1 Å². The topological polar surface area (TPSA) is 25.8 Å². The molecule has 0 radical (unpaired) electrons. The number of halogens is 1. The van der Waals surface area contributed by atoms with Crippen LogP contribution in [0.2, 0.25) is 0 Å². The van der Waals surface area contributed by atoms with E-state index in [2.05, 4.69) is 56.5 Å². The summed E-state index contributed by atoms with van der Waals surface area (Å²) < 4.78 is 2.11. The van der Waals surface area contributed by atoms with Crippen molar-refractivity contribution < 1.29 is 0 Å². The Hall–Kier alpha value is -1.17. The number of hydrogen-bond acceptors (Lipinski definition) is 4. The number of hydrogen-bond donors (Lipinski definition) is 0. The Morgan fingerprint density at radius 1 is 1.00 bits per heavy atom. The van der Waals surface area contributed by atoms with Crippen molar-refractivity contribution in [3.8, 4) is 10.6 Å². The molecule has 0 saturated heterocycles. The first-order valence-corrected chi connectivity index (χ1v) is 8.67. The number of rotatable bonds is 4. The highest BCUT2D eigenvalue weighted by molar-refractivity contribution is 9.10. The molecular weight excluding hydrogens is 352 g/mol. The average Bonchev–Trinajstić information content (AvgIpc) is 2.95. The van der Waals surface area contributed by atoms with Gasteiger partial charge in [-0.1, -0.05) is 81.5 Å². The predicted octanol–water partition coefficient (Wildman–Crippen LogP) is 5.26. The molecule has 0 aliphatic heterocycles. The van der Waals surface area contributed by atoms with E-state index in [-0.39, 0.29) is 0 Å². The first-order valence-electron chi connectivity index (χ1n) is 6.07. The highest BCUT2D eigenvalue weighted by Gasteiger charge is 2.07. The van der Waals surface area contributed by atoms with Crippen LogP contribution >= 0.6 is 39.0 Å². The Balaban J connectivity index is 1.69. The van der Waals surface area contributed by atoms with Crippen molar-refractivity contribution >= 4 is 39.0 Å². The molecule has 0 fully saturated rings. The van der Waals surface area contributed by atoms with Gasteiger partial charge >= 0.3 is 0 Å². The van der Waals surface area contributed by atoms with Crippen molar-refractivity contribution in [2.75, 3.05) is 0 Å². The van der Waals surface area contributed by atoms with Crippen molar-refractivity contribution in [1.29, 1.82) is 0 Å². The highest BCUT2D eigenvalue weighted by atomic mass is 79.9. The molecule has 2 aromatic carbocycles. The summed E-state index contributed by atoms with van der Waals surface area (Å²) in [6, 6.07) is 18.5. The third-order valence-corrected chi connectivity index (χ3v) is 5.35. The quantitative estimate of drug-likeness (QED) is 0.592. The van der Waals surface area contributed by atoms with Crippen LogP contribution in [0.15, 0.2) is 63.4 Å². The standard InChI is InChI=1S/C15H11BrN2S2/c16-13-8-4-5-11(9-13)10-19-15-18-17-14(20-15)12-6-2-1-3-7-12/h1-9H,10H2. The van der Waals surface area contributed by atoms with Crippen molar-refractivity contribution in [1.82, 2.24) is 10.2 Å². The summed E-state index contributed by atoms with van der Waals surface area (Å²) in [5.74, 6) is 0.906. The van der Waals surface area contributed by atoms with E-state index in [1.807, 2.05) is 24.3 Å². The molecule has 0 aliphatic rings. The Morgan fingerprint density at radius 3 is 2.65 bits per heavy atom. The van der Waals surface area contributed by atoms with Gasteiger partial charge in [-0.15, -0.1) is 10.2 Å². The van der Waals surface area contributed by atoms with E-state index in [9.17, 15) is 0 Å². The van der Waals surface area contributed by atoms with Crippen LogP contribution in [0.25, 0.3) is 10.6 Å². The van der Waals surface area contributed by atoms with E-state index in [0.717, 1.165) is 25.1 Å². The average molecular weight is 363 g/mol. The largest absolute Gasteiger partial charge is 0.174 e. The zero-order valence-electron chi connectivity index (χ0n) is 10.5. The maximum atomic E-state index is 4.25. The van der Waals surface area contributed by atoms with Gasteiger partial charge in [-0.2, -0.15) is 0 Å². The smallest absolute Gasteiger partial charge is 0.137 e. The van der Waals surface area contributed by atoms with Gasteiger partial charge in [0, 0.05) is 15.8 Å². The normalized spacial score (nSPS) is 10.7. The van der Waals surface area contributed by atoms with Crippen molar-refractivity contribution in [3.05, 3.63) is 64.6 Å². The Morgan fingerprint density at radius 2 is 1.85 bits per heavy atom. The fourth-order valence-corrected chi connectivity index (χ4v) is 3.98. The molecule has 0 spiro atoms. The monoisotopic (exact) mass is 362 g/mol. The summed E-state index contributed by atoms with van der Waals surface area (Å²) in [6.07, 6.45) is 0. The number of aromatic nitrogens is 2. The van der Waals surface area contributed by atoms with Crippen LogP contribution in [-0.4, -0.2) is 10.2 Å². The van der Waals surface area contributed by atoms with Crippen molar-refractivity contribution in [2.24, 2.45) is 0 Å². The molecule has 2 nitrogen and oxygen atoms in total. The first kappa shape index (κ1) is 13.8. The van der Waals surface area contributed by atoms with Gasteiger partial charge in [0.25, 0.3) is 0 Å². The number of thioether (sulfide) groups is 1. The SMILES string of the molecule is Brc1cccc(CSc2nnc(-c3ccccc3)s2)c1. The lowest BCUT2D eigenvalue weighted by atomic mass is 10.2. The molecule has 0 bridgehead atoms. The van der Waals surface area contributed by atoms with E-state index >= 15 is 0 Å². The van der Waals surface area contributed by atoms with Gasteiger partial charge in [0.1, 0.15) is 5.01 Å². The molecule has 0 unspecified atom stereocenters. The minimum atomic E-state index is 0.906. The molecule has 3 aromatic rings. The van der Waals surface area contributed by atoms with Gasteiger partial charge in [0.05, 0.1) is 0 Å². The van der Waals surface area contributed by atoms with Crippen LogP contribution in [0, 0.1) is 0 Å². The van der Waals surface area contributed by atoms with E-state index in [1.54, 1.807) is 23.1 Å². The van der Waals surface area contributed by atoms with Crippen LogP contribution < -0.4 is 0 Å². The lowest BCUT2D eigenvalue weighted by Crippen LogP contribution is -1.80. The van der Waals surface area contributed by atoms with Crippen LogP contribution in [0.5, 0.6) is 0 Å². The van der Waals surface area contributed by atoms with Crippen molar-refractivity contribution in [3.63, 3.8) is 0 Å². The van der Waals surface area contributed by atoms with E-state index in [0.29, 0.717) is 0 Å². The predicted molar refractivity (Wildman–Crippen MR) is 89.0 cm³/mol. The van der Waals surface area contributed by atoms with E-state index < -0.39 is 0 Å². The van der Waals surface area contributed by atoms with Gasteiger partial charge in [0.2, 0.25) is 0 Å². The molecule has 100 valence electrons.